The van der Waals surface area contributed by atoms with Crippen molar-refractivity contribution in [1.82, 2.24) is 5.32 Å². The van der Waals surface area contributed by atoms with Gasteiger partial charge in [-0.1, -0.05) is 11.6 Å². The maximum atomic E-state index is 11.6. The molecule has 6 nitrogen and oxygen atoms in total. The number of amides is 2. The average molecular weight is 315 g/mol. The first kappa shape index (κ1) is 17.1. The fraction of sp³-hybridized carbons (Fsp3) is 0.429. The Morgan fingerprint density at radius 3 is 2.67 bits per heavy atom. The molecule has 21 heavy (non-hydrogen) atoms. The number of carboxylic acids is 1. The lowest BCUT2D eigenvalue weighted by Crippen LogP contribution is -2.29. The summed E-state index contributed by atoms with van der Waals surface area (Å²) in [6, 6.07) is 4.55. The third-order valence-electron chi connectivity index (χ3n) is 2.41. The fourth-order valence-electron chi connectivity index (χ4n) is 1.54. The van der Waals surface area contributed by atoms with Crippen LogP contribution in [0.2, 0.25) is 5.02 Å². The number of aliphatic carboxylic acids is 1. The van der Waals surface area contributed by atoms with Gasteiger partial charge in [-0.05, 0) is 38.5 Å². The van der Waals surface area contributed by atoms with Crippen LogP contribution in [0.25, 0.3) is 0 Å². The summed E-state index contributed by atoms with van der Waals surface area (Å²) in [5.41, 5.74) is 0.534. The highest BCUT2D eigenvalue weighted by Gasteiger charge is 2.07. The van der Waals surface area contributed by atoms with Crippen LogP contribution in [0.4, 0.5) is 10.5 Å². The van der Waals surface area contributed by atoms with E-state index >= 15 is 0 Å². The molecule has 1 aromatic carbocycles. The Hall–Kier alpha value is -1.95. The number of benzene rings is 1. The smallest absolute Gasteiger partial charge is 0.319 e. The summed E-state index contributed by atoms with van der Waals surface area (Å²) < 4.78 is 5.49. The maximum Gasteiger partial charge on any atom is 0.319 e. The van der Waals surface area contributed by atoms with E-state index in [0.717, 1.165) is 0 Å². The van der Waals surface area contributed by atoms with Gasteiger partial charge in [0.1, 0.15) is 5.75 Å². The minimum absolute atomic E-state index is 0.0128. The topological polar surface area (TPSA) is 87.7 Å². The number of carbonyl (C=O) groups excluding carboxylic acids is 1. The van der Waals surface area contributed by atoms with Crippen LogP contribution in [0.15, 0.2) is 18.2 Å². The quantitative estimate of drug-likeness (QED) is 0.675. The van der Waals surface area contributed by atoms with Gasteiger partial charge >= 0.3 is 12.0 Å². The molecule has 116 valence electrons. The van der Waals surface area contributed by atoms with Gasteiger partial charge in [0.15, 0.2) is 0 Å². The second-order valence-electron chi connectivity index (χ2n) is 4.69. The number of nitrogens with one attached hydrogen (secondary N) is 2. The summed E-state index contributed by atoms with van der Waals surface area (Å²) in [5.74, 6) is -0.330. The molecule has 0 spiro atoms. The lowest BCUT2D eigenvalue weighted by Gasteiger charge is -2.13. The molecule has 0 unspecified atom stereocenters. The predicted octanol–water partition coefficient (Wildman–Crippen LogP) is 3.11. The summed E-state index contributed by atoms with van der Waals surface area (Å²) in [5, 5.41) is 14.1. The normalized spacial score (nSPS) is 10.3. The summed E-state index contributed by atoms with van der Waals surface area (Å²) in [6.45, 7) is 4.08. The molecular weight excluding hydrogens is 296 g/mol. The number of carboxylic acid groups (broad SMARTS) is 1. The molecule has 3 N–H and O–H groups in total. The van der Waals surface area contributed by atoms with E-state index in [0.29, 0.717) is 29.4 Å². The molecule has 2 amide bonds. The van der Waals surface area contributed by atoms with Crippen molar-refractivity contribution >= 4 is 29.3 Å². The van der Waals surface area contributed by atoms with Crippen LogP contribution in [0.5, 0.6) is 5.75 Å². The van der Waals surface area contributed by atoms with Crippen LogP contribution in [0.3, 0.4) is 0 Å². The summed E-state index contributed by atoms with van der Waals surface area (Å²) in [7, 11) is 0. The van der Waals surface area contributed by atoms with Gasteiger partial charge in [0.25, 0.3) is 0 Å². The molecule has 0 bridgehead atoms. The van der Waals surface area contributed by atoms with Crippen molar-refractivity contribution in [3.05, 3.63) is 23.2 Å². The van der Waals surface area contributed by atoms with Crippen molar-refractivity contribution in [2.24, 2.45) is 0 Å². The molecule has 0 atom stereocenters. The van der Waals surface area contributed by atoms with E-state index in [-0.39, 0.29) is 12.5 Å². The van der Waals surface area contributed by atoms with E-state index in [1.54, 1.807) is 18.2 Å². The van der Waals surface area contributed by atoms with Crippen molar-refractivity contribution in [2.45, 2.75) is 32.8 Å². The number of hydrogen-bond donors (Lipinski definition) is 3. The third-order valence-corrected chi connectivity index (χ3v) is 2.70. The van der Waals surface area contributed by atoms with Crippen molar-refractivity contribution in [3.63, 3.8) is 0 Å². The zero-order chi connectivity index (χ0) is 15.8. The van der Waals surface area contributed by atoms with E-state index < -0.39 is 12.0 Å². The third kappa shape index (κ3) is 6.85. The average Bonchev–Trinajstić information content (AvgIpc) is 2.37. The zero-order valence-corrected chi connectivity index (χ0v) is 12.7. The lowest BCUT2D eigenvalue weighted by molar-refractivity contribution is -0.137. The first-order chi connectivity index (χ1) is 9.88. The Balaban J connectivity index is 2.45. The van der Waals surface area contributed by atoms with Crippen LogP contribution in [-0.4, -0.2) is 29.8 Å². The van der Waals surface area contributed by atoms with Gasteiger partial charge in [0.2, 0.25) is 0 Å². The highest BCUT2D eigenvalue weighted by atomic mass is 35.5. The van der Waals surface area contributed by atoms with E-state index in [1.807, 2.05) is 13.8 Å². The number of carbonyl (C=O) groups is 2. The van der Waals surface area contributed by atoms with Crippen LogP contribution in [0, 0.1) is 0 Å². The fourth-order valence-corrected chi connectivity index (χ4v) is 1.77. The lowest BCUT2D eigenvalue weighted by atomic mass is 10.3. The number of hydrogen-bond acceptors (Lipinski definition) is 3. The molecule has 0 aliphatic carbocycles. The van der Waals surface area contributed by atoms with Gasteiger partial charge in [-0.25, -0.2) is 4.79 Å². The van der Waals surface area contributed by atoms with E-state index in [9.17, 15) is 9.59 Å². The molecule has 1 rings (SSSR count). The van der Waals surface area contributed by atoms with Crippen LogP contribution < -0.4 is 15.4 Å². The molecule has 0 aliphatic heterocycles. The van der Waals surface area contributed by atoms with Gasteiger partial charge in [-0.15, -0.1) is 0 Å². The van der Waals surface area contributed by atoms with Gasteiger partial charge < -0.3 is 20.5 Å². The van der Waals surface area contributed by atoms with Crippen molar-refractivity contribution < 1.29 is 19.4 Å². The zero-order valence-electron chi connectivity index (χ0n) is 12.0. The van der Waals surface area contributed by atoms with Crippen molar-refractivity contribution in [3.8, 4) is 5.75 Å². The number of urea groups is 1. The maximum absolute atomic E-state index is 11.6. The molecule has 0 fully saturated rings. The number of halogens is 1. The number of anilines is 1. The molecular formula is C14H19ClN2O4. The molecule has 0 saturated heterocycles. The van der Waals surface area contributed by atoms with E-state index in [2.05, 4.69) is 10.6 Å². The monoisotopic (exact) mass is 314 g/mol. The first-order valence-corrected chi connectivity index (χ1v) is 6.99. The molecule has 0 saturated carbocycles. The summed E-state index contributed by atoms with van der Waals surface area (Å²) >= 11 is 6.06. The van der Waals surface area contributed by atoms with Gasteiger partial charge in [-0.3, -0.25) is 4.79 Å². The van der Waals surface area contributed by atoms with Gasteiger partial charge in [0.05, 0.1) is 11.1 Å². The molecule has 1 aromatic rings. The van der Waals surface area contributed by atoms with Gasteiger partial charge in [0, 0.05) is 18.7 Å². The van der Waals surface area contributed by atoms with Gasteiger partial charge in [-0.2, -0.15) is 0 Å². The molecule has 0 aromatic heterocycles. The highest BCUT2D eigenvalue weighted by molar-refractivity contribution is 6.32. The Morgan fingerprint density at radius 1 is 1.38 bits per heavy atom. The predicted molar refractivity (Wildman–Crippen MR) is 81.1 cm³/mol. The van der Waals surface area contributed by atoms with E-state index in [4.69, 9.17) is 21.4 Å². The van der Waals surface area contributed by atoms with Crippen molar-refractivity contribution in [1.29, 1.82) is 0 Å². The van der Waals surface area contributed by atoms with Crippen LogP contribution >= 0.6 is 11.6 Å². The SMILES string of the molecule is CC(C)Oc1ccc(NC(=O)NCCCC(=O)O)cc1Cl. The number of ether oxygens (including phenoxy) is 1. The summed E-state index contributed by atoms with van der Waals surface area (Å²) in [4.78, 5) is 21.9. The first-order valence-electron chi connectivity index (χ1n) is 6.61. The van der Waals surface area contributed by atoms with E-state index in [1.165, 1.54) is 0 Å². The Morgan fingerprint density at radius 2 is 2.10 bits per heavy atom. The Bertz CT molecular complexity index is 506. The minimum atomic E-state index is -0.885. The second-order valence-corrected chi connectivity index (χ2v) is 5.10. The molecule has 0 aliphatic rings. The minimum Gasteiger partial charge on any atom is -0.489 e. The Labute approximate surface area is 128 Å². The van der Waals surface area contributed by atoms with Crippen LogP contribution in [-0.2, 0) is 4.79 Å². The second kappa shape index (κ2) is 8.36. The largest absolute Gasteiger partial charge is 0.489 e. The molecule has 0 heterocycles. The highest BCUT2D eigenvalue weighted by Crippen LogP contribution is 2.28. The Kier molecular flexibility index (Phi) is 6.81. The standard InChI is InChI=1S/C14H19ClN2O4/c1-9(2)21-12-6-5-10(8-11(12)15)17-14(20)16-7-3-4-13(18)19/h5-6,8-9H,3-4,7H2,1-2H3,(H,18,19)(H2,16,17,20). The number of rotatable bonds is 7. The molecule has 0 radical (unpaired) electrons. The molecule has 7 heteroatoms. The van der Waals surface area contributed by atoms with Crippen LogP contribution in [0.1, 0.15) is 26.7 Å². The summed E-state index contributed by atoms with van der Waals surface area (Å²) in [6.07, 6.45) is 0.414. The van der Waals surface area contributed by atoms with Crippen molar-refractivity contribution in [2.75, 3.05) is 11.9 Å².